The van der Waals surface area contributed by atoms with Crippen LogP contribution in [0.4, 0.5) is 5.69 Å². The fourth-order valence-corrected chi connectivity index (χ4v) is 5.80. The zero-order valence-corrected chi connectivity index (χ0v) is 24.5. The van der Waals surface area contributed by atoms with Crippen molar-refractivity contribution in [3.05, 3.63) is 90.0 Å². The van der Waals surface area contributed by atoms with E-state index >= 15 is 0 Å². The van der Waals surface area contributed by atoms with Gasteiger partial charge >= 0.3 is 0 Å². The third-order valence-corrected chi connectivity index (χ3v) is 8.23. The highest BCUT2D eigenvalue weighted by atomic mass is 32.2. The maximum Gasteiger partial charge on any atom is 0.264 e. The Morgan fingerprint density at radius 3 is 2.17 bits per heavy atom. The molecule has 3 aromatic carbocycles. The van der Waals surface area contributed by atoms with Crippen molar-refractivity contribution in [1.82, 2.24) is 10.2 Å². The van der Waals surface area contributed by atoms with Crippen LogP contribution < -0.4 is 14.4 Å². The van der Waals surface area contributed by atoms with Crippen LogP contribution in [-0.4, -0.2) is 50.9 Å². The number of hydrogen-bond acceptors (Lipinski definition) is 5. The second-order valence-corrected chi connectivity index (χ2v) is 11.3. The molecule has 214 valence electrons. The molecule has 0 aliphatic heterocycles. The molecular weight excluding hydrogens is 526 g/mol. The largest absolute Gasteiger partial charge is 0.492 e. The molecule has 1 atom stereocenters. The van der Waals surface area contributed by atoms with Gasteiger partial charge in [-0.25, -0.2) is 8.42 Å². The van der Waals surface area contributed by atoms with Gasteiger partial charge in [0, 0.05) is 13.1 Å². The van der Waals surface area contributed by atoms with Crippen LogP contribution in [0.2, 0.25) is 0 Å². The Morgan fingerprint density at radius 2 is 1.55 bits per heavy atom. The molecule has 0 fully saturated rings. The van der Waals surface area contributed by atoms with Crippen molar-refractivity contribution < 1.29 is 22.7 Å². The molecule has 0 saturated heterocycles. The summed E-state index contributed by atoms with van der Waals surface area (Å²) in [5.41, 5.74) is 2.16. The number of anilines is 1. The van der Waals surface area contributed by atoms with Gasteiger partial charge in [-0.1, -0.05) is 74.0 Å². The molecule has 0 spiro atoms. The zero-order chi connectivity index (χ0) is 29.1. The number of carbonyl (C=O) groups is 2. The van der Waals surface area contributed by atoms with Crippen molar-refractivity contribution in [3.63, 3.8) is 0 Å². The van der Waals surface area contributed by atoms with Gasteiger partial charge in [0.2, 0.25) is 11.8 Å². The highest BCUT2D eigenvalue weighted by Crippen LogP contribution is 2.33. The lowest BCUT2D eigenvalue weighted by atomic mass is 10.1. The molecule has 3 rings (SSSR count). The monoisotopic (exact) mass is 565 g/mol. The van der Waals surface area contributed by atoms with Crippen molar-refractivity contribution in [3.8, 4) is 5.75 Å². The van der Waals surface area contributed by atoms with Crippen molar-refractivity contribution in [2.45, 2.75) is 58.0 Å². The second-order valence-electron chi connectivity index (χ2n) is 9.45. The first-order valence-corrected chi connectivity index (χ1v) is 15.1. The first-order valence-electron chi connectivity index (χ1n) is 13.6. The average Bonchev–Trinajstić information content (AvgIpc) is 2.96. The maximum atomic E-state index is 14.1. The number of benzene rings is 3. The molecule has 0 aromatic heterocycles. The summed E-state index contributed by atoms with van der Waals surface area (Å²) >= 11 is 0. The standard InChI is InChI=1S/C31H39N3O5S/c1-5-21-32-31(36)27(6-2)33(22-25-19-17-24(4)18-20-25)30(35)23-34(28-15-11-12-16-29(28)39-7-3)40(37,38)26-13-9-8-10-14-26/h8-20,27H,5-7,21-23H2,1-4H3,(H,32,36)/t27-/m0/s1. The summed E-state index contributed by atoms with van der Waals surface area (Å²) in [5.74, 6) is -0.419. The number of para-hydroxylation sites is 2. The van der Waals surface area contributed by atoms with Crippen LogP contribution in [-0.2, 0) is 26.2 Å². The summed E-state index contributed by atoms with van der Waals surface area (Å²) in [5, 5.41) is 2.90. The zero-order valence-electron chi connectivity index (χ0n) is 23.7. The quantitative estimate of drug-likeness (QED) is 0.299. The third kappa shape index (κ3) is 7.63. The average molecular weight is 566 g/mol. The molecule has 1 N–H and O–H groups in total. The molecule has 40 heavy (non-hydrogen) atoms. The van der Waals surface area contributed by atoms with Crippen LogP contribution in [0, 0.1) is 6.92 Å². The van der Waals surface area contributed by atoms with Crippen molar-refractivity contribution in [2.24, 2.45) is 0 Å². The minimum atomic E-state index is -4.16. The molecule has 0 heterocycles. The summed E-state index contributed by atoms with van der Waals surface area (Å²) in [6, 6.07) is 21.7. The summed E-state index contributed by atoms with van der Waals surface area (Å²) in [6.45, 7) is 8.03. The van der Waals surface area contributed by atoms with Crippen LogP contribution >= 0.6 is 0 Å². The van der Waals surface area contributed by atoms with Crippen molar-refractivity contribution in [2.75, 3.05) is 24.0 Å². The molecule has 0 saturated carbocycles. The molecule has 0 radical (unpaired) electrons. The van der Waals surface area contributed by atoms with E-state index in [1.54, 1.807) is 42.5 Å². The Kier molecular flexibility index (Phi) is 11.1. The van der Waals surface area contributed by atoms with Gasteiger partial charge in [-0.3, -0.25) is 13.9 Å². The SMILES string of the molecule is CCCNC(=O)[C@H](CC)N(Cc1ccc(C)cc1)C(=O)CN(c1ccccc1OCC)S(=O)(=O)c1ccccc1. The third-order valence-electron chi connectivity index (χ3n) is 6.45. The normalized spacial score (nSPS) is 11.9. The van der Waals surface area contributed by atoms with Gasteiger partial charge < -0.3 is 15.0 Å². The molecule has 0 unspecified atom stereocenters. The Balaban J connectivity index is 2.08. The van der Waals surface area contributed by atoms with Gasteiger partial charge in [0.05, 0.1) is 17.2 Å². The first-order chi connectivity index (χ1) is 19.2. The number of carbonyl (C=O) groups excluding carboxylic acids is 2. The first kappa shape index (κ1) is 30.7. The topological polar surface area (TPSA) is 96.0 Å². The molecule has 3 aromatic rings. The molecule has 0 aliphatic rings. The van der Waals surface area contributed by atoms with Gasteiger partial charge in [-0.05, 0) is 56.5 Å². The summed E-state index contributed by atoms with van der Waals surface area (Å²) in [4.78, 5) is 28.8. The Bertz CT molecular complexity index is 1360. The maximum absolute atomic E-state index is 14.1. The van der Waals surface area contributed by atoms with Crippen LogP contribution in [0.5, 0.6) is 5.75 Å². The van der Waals surface area contributed by atoms with E-state index in [-0.39, 0.29) is 23.0 Å². The molecule has 2 amide bonds. The van der Waals surface area contributed by atoms with E-state index < -0.39 is 28.5 Å². The number of nitrogens with zero attached hydrogens (tertiary/aromatic N) is 2. The van der Waals surface area contributed by atoms with Gasteiger partial charge in [-0.15, -0.1) is 0 Å². The number of hydrogen-bond donors (Lipinski definition) is 1. The lowest BCUT2D eigenvalue weighted by molar-refractivity contribution is -0.140. The van der Waals surface area contributed by atoms with Crippen LogP contribution in [0.3, 0.4) is 0 Å². The van der Waals surface area contributed by atoms with Gasteiger partial charge in [0.15, 0.2) is 0 Å². The predicted octanol–water partition coefficient (Wildman–Crippen LogP) is 4.92. The molecule has 8 nitrogen and oxygen atoms in total. The number of sulfonamides is 1. The van der Waals surface area contributed by atoms with Gasteiger partial charge in [-0.2, -0.15) is 0 Å². The molecule has 0 bridgehead atoms. The lowest BCUT2D eigenvalue weighted by Gasteiger charge is -2.33. The van der Waals surface area contributed by atoms with E-state index in [4.69, 9.17) is 4.74 Å². The Labute approximate surface area is 238 Å². The Morgan fingerprint density at radius 1 is 0.900 bits per heavy atom. The van der Waals surface area contributed by atoms with Crippen LogP contribution in [0.25, 0.3) is 0 Å². The predicted molar refractivity (Wildman–Crippen MR) is 158 cm³/mol. The smallest absolute Gasteiger partial charge is 0.264 e. The highest BCUT2D eigenvalue weighted by Gasteiger charge is 2.34. The van der Waals surface area contributed by atoms with E-state index in [1.165, 1.54) is 17.0 Å². The van der Waals surface area contributed by atoms with Crippen LogP contribution in [0.15, 0.2) is 83.8 Å². The number of amides is 2. The molecule has 0 aliphatic carbocycles. The summed E-state index contributed by atoms with van der Waals surface area (Å²) < 4.78 is 34.8. The summed E-state index contributed by atoms with van der Waals surface area (Å²) in [7, 11) is -4.16. The second kappa shape index (κ2) is 14.5. The van der Waals surface area contributed by atoms with Crippen molar-refractivity contribution >= 4 is 27.5 Å². The van der Waals surface area contributed by atoms with E-state index in [0.29, 0.717) is 25.3 Å². The van der Waals surface area contributed by atoms with E-state index in [1.807, 2.05) is 52.0 Å². The number of rotatable bonds is 14. The summed E-state index contributed by atoms with van der Waals surface area (Å²) in [6.07, 6.45) is 1.12. The lowest BCUT2D eigenvalue weighted by Crippen LogP contribution is -2.52. The highest BCUT2D eigenvalue weighted by molar-refractivity contribution is 7.92. The fourth-order valence-electron chi connectivity index (χ4n) is 4.35. The molecular formula is C31H39N3O5S. The van der Waals surface area contributed by atoms with Gasteiger partial charge in [0.1, 0.15) is 18.3 Å². The van der Waals surface area contributed by atoms with E-state index in [2.05, 4.69) is 5.32 Å². The minimum Gasteiger partial charge on any atom is -0.492 e. The van der Waals surface area contributed by atoms with E-state index in [9.17, 15) is 18.0 Å². The fraction of sp³-hybridized carbons (Fsp3) is 0.355. The van der Waals surface area contributed by atoms with E-state index in [0.717, 1.165) is 21.9 Å². The number of ether oxygens (including phenoxy) is 1. The number of aryl methyl sites for hydroxylation is 1. The van der Waals surface area contributed by atoms with Crippen LogP contribution in [0.1, 0.15) is 44.7 Å². The number of nitrogens with one attached hydrogen (secondary N) is 1. The van der Waals surface area contributed by atoms with Crippen molar-refractivity contribution in [1.29, 1.82) is 0 Å². The van der Waals surface area contributed by atoms with Gasteiger partial charge in [0.25, 0.3) is 10.0 Å². The minimum absolute atomic E-state index is 0.0481. The molecule has 9 heteroatoms. The Hall–Kier alpha value is -3.85.